The van der Waals surface area contributed by atoms with Gasteiger partial charge < -0.3 is 4.90 Å². The lowest BCUT2D eigenvalue weighted by Crippen LogP contribution is -2.45. The van der Waals surface area contributed by atoms with Crippen molar-refractivity contribution in [1.29, 1.82) is 0 Å². The molecule has 1 aliphatic heterocycles. The maximum Gasteiger partial charge on any atom is 0.251 e. The predicted molar refractivity (Wildman–Crippen MR) is 77.6 cm³/mol. The molecule has 106 valence electrons. The number of carbonyl (C=O) groups excluding carboxylic acids is 1. The first-order valence-electron chi connectivity index (χ1n) is 5.91. The van der Waals surface area contributed by atoms with E-state index in [2.05, 4.69) is 20.7 Å². The number of sulfonamides is 1. The topological polar surface area (TPSA) is 66.5 Å². The fraction of sp³-hybridized carbons (Fsp3) is 0.545. The Morgan fingerprint density at radius 3 is 2.58 bits per heavy atom. The Morgan fingerprint density at radius 1 is 1.47 bits per heavy atom. The van der Waals surface area contributed by atoms with E-state index in [1.165, 1.54) is 18.3 Å². The summed E-state index contributed by atoms with van der Waals surface area (Å²) in [5.41, 5.74) is 0. The average molecular weight is 367 g/mol. The molecule has 1 amide bonds. The molecule has 1 aromatic heterocycles. The van der Waals surface area contributed by atoms with Crippen LogP contribution < -0.4 is 4.72 Å². The summed E-state index contributed by atoms with van der Waals surface area (Å²) >= 11 is 4.42. The standard InChI is InChI=1S/C11H15BrN2O3S2/c1-8(15)14-5-2-9(3-6-14)13-19(16,17)11-10(12)4-7-18-11/h4,7,9,13H,2-3,5-6H2,1H3. The molecular formula is C11H15BrN2O3S2. The number of halogens is 1. The van der Waals surface area contributed by atoms with Crippen LogP contribution in [0.15, 0.2) is 20.1 Å². The maximum absolute atomic E-state index is 12.2. The molecule has 8 heteroatoms. The summed E-state index contributed by atoms with van der Waals surface area (Å²) in [6.07, 6.45) is 1.31. The van der Waals surface area contributed by atoms with Gasteiger partial charge in [-0.3, -0.25) is 4.79 Å². The molecule has 0 saturated carbocycles. The number of amides is 1. The van der Waals surface area contributed by atoms with Crippen molar-refractivity contribution >= 4 is 43.2 Å². The van der Waals surface area contributed by atoms with Gasteiger partial charge in [0.1, 0.15) is 4.21 Å². The maximum atomic E-state index is 12.2. The second-order valence-corrected chi connectivity index (χ2v) is 8.14. The predicted octanol–water partition coefficient (Wildman–Crippen LogP) is 1.80. The van der Waals surface area contributed by atoms with E-state index in [4.69, 9.17) is 0 Å². The van der Waals surface area contributed by atoms with Crippen molar-refractivity contribution in [3.63, 3.8) is 0 Å². The molecule has 1 aromatic rings. The molecule has 0 bridgehead atoms. The number of hydrogen-bond acceptors (Lipinski definition) is 4. The van der Waals surface area contributed by atoms with E-state index < -0.39 is 10.0 Å². The smallest absolute Gasteiger partial charge is 0.251 e. The zero-order valence-electron chi connectivity index (χ0n) is 10.4. The quantitative estimate of drug-likeness (QED) is 0.886. The average Bonchev–Trinajstić information content (AvgIpc) is 2.76. The number of nitrogens with one attached hydrogen (secondary N) is 1. The third-order valence-corrected chi connectivity index (χ3v) is 7.28. The molecule has 2 rings (SSSR count). The summed E-state index contributed by atoms with van der Waals surface area (Å²) in [5, 5.41) is 1.73. The van der Waals surface area contributed by atoms with Crippen molar-refractivity contribution in [2.75, 3.05) is 13.1 Å². The third kappa shape index (κ3) is 3.56. The zero-order chi connectivity index (χ0) is 14.0. The number of piperidine rings is 1. The van der Waals surface area contributed by atoms with Crippen molar-refractivity contribution < 1.29 is 13.2 Å². The van der Waals surface area contributed by atoms with Crippen LogP contribution >= 0.6 is 27.3 Å². The van der Waals surface area contributed by atoms with Gasteiger partial charge in [-0.05, 0) is 40.2 Å². The van der Waals surface area contributed by atoms with Gasteiger partial charge in [-0.2, -0.15) is 0 Å². The van der Waals surface area contributed by atoms with Gasteiger partial charge in [-0.1, -0.05) is 0 Å². The van der Waals surface area contributed by atoms with Crippen LogP contribution in [0, 0.1) is 0 Å². The molecule has 0 aromatic carbocycles. The van der Waals surface area contributed by atoms with Gasteiger partial charge >= 0.3 is 0 Å². The number of carbonyl (C=O) groups is 1. The van der Waals surface area contributed by atoms with E-state index >= 15 is 0 Å². The Labute approximate surface area is 125 Å². The van der Waals surface area contributed by atoms with Crippen LogP contribution in [-0.4, -0.2) is 38.4 Å². The molecule has 0 aliphatic carbocycles. The highest BCUT2D eigenvalue weighted by Gasteiger charge is 2.27. The van der Waals surface area contributed by atoms with E-state index in [0.29, 0.717) is 34.6 Å². The van der Waals surface area contributed by atoms with Crippen LogP contribution in [0.25, 0.3) is 0 Å². The first-order chi connectivity index (χ1) is 8.90. The molecule has 5 nitrogen and oxygen atoms in total. The molecule has 1 N–H and O–H groups in total. The van der Waals surface area contributed by atoms with E-state index in [-0.39, 0.29) is 11.9 Å². The Hall–Kier alpha value is -0.440. The number of likely N-dealkylation sites (tertiary alicyclic amines) is 1. The lowest BCUT2D eigenvalue weighted by molar-refractivity contribution is -0.129. The minimum Gasteiger partial charge on any atom is -0.343 e. The molecule has 1 saturated heterocycles. The molecule has 0 spiro atoms. The minimum absolute atomic E-state index is 0.0438. The van der Waals surface area contributed by atoms with Crippen molar-refractivity contribution in [3.05, 3.63) is 15.9 Å². The van der Waals surface area contributed by atoms with Crippen LogP contribution in [0.5, 0.6) is 0 Å². The second-order valence-electron chi connectivity index (χ2n) is 4.46. The molecule has 1 aliphatic rings. The van der Waals surface area contributed by atoms with Crippen molar-refractivity contribution in [2.24, 2.45) is 0 Å². The number of rotatable bonds is 3. The van der Waals surface area contributed by atoms with E-state index in [0.717, 1.165) is 0 Å². The summed E-state index contributed by atoms with van der Waals surface area (Å²) in [7, 11) is -3.47. The third-order valence-electron chi connectivity index (χ3n) is 3.09. The van der Waals surface area contributed by atoms with Gasteiger partial charge in [0.2, 0.25) is 5.91 Å². The molecular weight excluding hydrogens is 352 g/mol. The molecule has 19 heavy (non-hydrogen) atoms. The van der Waals surface area contributed by atoms with Crippen LogP contribution in [0.2, 0.25) is 0 Å². The monoisotopic (exact) mass is 366 g/mol. The SMILES string of the molecule is CC(=O)N1CCC(NS(=O)(=O)c2sccc2Br)CC1. The Bertz CT molecular complexity index is 562. The highest BCUT2D eigenvalue weighted by atomic mass is 79.9. The Kier molecular flexibility index (Phi) is 4.65. The molecule has 2 heterocycles. The largest absolute Gasteiger partial charge is 0.343 e. The zero-order valence-corrected chi connectivity index (χ0v) is 13.6. The summed E-state index contributed by atoms with van der Waals surface area (Å²) in [5.74, 6) is 0.0438. The lowest BCUT2D eigenvalue weighted by atomic mass is 10.1. The summed E-state index contributed by atoms with van der Waals surface area (Å²) in [4.78, 5) is 12.9. The first-order valence-corrected chi connectivity index (χ1v) is 9.06. The van der Waals surface area contributed by atoms with Gasteiger partial charge in [0, 0.05) is 30.5 Å². The van der Waals surface area contributed by atoms with Gasteiger partial charge in [0.25, 0.3) is 10.0 Å². The van der Waals surface area contributed by atoms with Crippen LogP contribution in [0.3, 0.4) is 0 Å². The minimum atomic E-state index is -3.47. The first kappa shape index (κ1) is 15.0. The Balaban J connectivity index is 2.00. The second kappa shape index (κ2) is 5.90. The van der Waals surface area contributed by atoms with Crippen LogP contribution in [-0.2, 0) is 14.8 Å². The highest BCUT2D eigenvalue weighted by molar-refractivity contribution is 9.10. The fourth-order valence-electron chi connectivity index (χ4n) is 2.06. The van der Waals surface area contributed by atoms with Crippen molar-refractivity contribution in [1.82, 2.24) is 9.62 Å². The van der Waals surface area contributed by atoms with Crippen molar-refractivity contribution in [2.45, 2.75) is 30.0 Å². The number of thiophene rings is 1. The molecule has 0 unspecified atom stereocenters. The summed E-state index contributed by atoms with van der Waals surface area (Å²) in [6.45, 7) is 2.75. The molecule has 0 atom stereocenters. The molecule has 1 fully saturated rings. The van der Waals surface area contributed by atoms with E-state index in [1.807, 2.05) is 0 Å². The van der Waals surface area contributed by atoms with Gasteiger partial charge in [0.05, 0.1) is 0 Å². The summed E-state index contributed by atoms with van der Waals surface area (Å²) in [6, 6.07) is 1.62. The van der Waals surface area contributed by atoms with Gasteiger partial charge in [-0.15, -0.1) is 11.3 Å². The number of nitrogens with zero attached hydrogens (tertiary/aromatic N) is 1. The normalized spacial score (nSPS) is 17.7. The van der Waals surface area contributed by atoms with Gasteiger partial charge in [-0.25, -0.2) is 13.1 Å². The lowest BCUT2D eigenvalue weighted by Gasteiger charge is -2.31. The fourth-order valence-corrected chi connectivity index (χ4v) is 5.72. The van der Waals surface area contributed by atoms with Crippen molar-refractivity contribution in [3.8, 4) is 0 Å². The Morgan fingerprint density at radius 2 is 2.11 bits per heavy atom. The molecule has 0 radical (unpaired) electrons. The van der Waals surface area contributed by atoms with Crippen LogP contribution in [0.4, 0.5) is 0 Å². The highest BCUT2D eigenvalue weighted by Crippen LogP contribution is 2.28. The van der Waals surface area contributed by atoms with E-state index in [9.17, 15) is 13.2 Å². The van der Waals surface area contributed by atoms with Crippen LogP contribution in [0.1, 0.15) is 19.8 Å². The number of hydrogen-bond donors (Lipinski definition) is 1. The summed E-state index contributed by atoms with van der Waals surface area (Å²) < 4.78 is 28.0. The van der Waals surface area contributed by atoms with E-state index in [1.54, 1.807) is 16.3 Å². The van der Waals surface area contributed by atoms with Gasteiger partial charge in [0.15, 0.2) is 0 Å².